The molecule has 0 spiro atoms. The van der Waals surface area contributed by atoms with Gasteiger partial charge in [-0.25, -0.2) is 10.8 Å². The number of nitrogens with one attached hydrogen (secondary N) is 2. The lowest BCUT2D eigenvalue weighted by atomic mass is 10.1. The van der Waals surface area contributed by atoms with Crippen molar-refractivity contribution in [2.24, 2.45) is 10.8 Å². The molecule has 0 bridgehead atoms. The van der Waals surface area contributed by atoms with Crippen molar-refractivity contribution in [2.75, 3.05) is 33.4 Å². The van der Waals surface area contributed by atoms with Crippen LogP contribution in [0.4, 0.5) is 0 Å². The van der Waals surface area contributed by atoms with Gasteiger partial charge in [-0.05, 0) is 32.9 Å². The Kier molecular flexibility index (Phi) is 7.00. The lowest BCUT2D eigenvalue weighted by Gasteiger charge is -2.30. The molecule has 2 atom stereocenters. The van der Waals surface area contributed by atoms with E-state index in [4.69, 9.17) is 10.6 Å². The largest absolute Gasteiger partial charge is 0.383 e. The zero-order valence-electron chi connectivity index (χ0n) is 11.8. The minimum atomic E-state index is 0.190. The molecule has 1 saturated heterocycles. The van der Waals surface area contributed by atoms with Crippen LogP contribution < -0.4 is 16.6 Å². The summed E-state index contributed by atoms with van der Waals surface area (Å²) in [7, 11) is 1.69. The lowest BCUT2D eigenvalue weighted by molar-refractivity contribution is 0.178. The number of guanidine groups is 1. The molecule has 0 amide bonds. The molecular weight excluding hydrogens is 230 g/mol. The summed E-state index contributed by atoms with van der Waals surface area (Å²) in [4.78, 5) is 7.07. The number of nitrogens with two attached hydrogens (primary N) is 1. The van der Waals surface area contributed by atoms with Crippen LogP contribution in [0.3, 0.4) is 0 Å². The van der Waals surface area contributed by atoms with Crippen LogP contribution in [0.15, 0.2) is 4.99 Å². The third kappa shape index (κ3) is 5.20. The summed E-state index contributed by atoms with van der Waals surface area (Å²) in [6, 6.07) is 0.516. The molecule has 1 aliphatic rings. The minimum Gasteiger partial charge on any atom is -0.383 e. The predicted molar refractivity (Wildman–Crippen MR) is 74.4 cm³/mol. The number of ether oxygens (including phenoxy) is 1. The fraction of sp³-hybridized carbons (Fsp3) is 0.917. The third-order valence-corrected chi connectivity index (χ3v) is 3.18. The average Bonchev–Trinajstić information content (AvgIpc) is 2.38. The normalized spacial score (nSPS) is 23.8. The quantitative estimate of drug-likeness (QED) is 0.278. The van der Waals surface area contributed by atoms with Gasteiger partial charge in [0.15, 0.2) is 0 Å². The highest BCUT2D eigenvalue weighted by molar-refractivity contribution is 5.79. The molecule has 106 valence electrons. The zero-order valence-corrected chi connectivity index (χ0v) is 11.8. The molecule has 1 fully saturated rings. The standard InChI is InChI=1S/C12H27N5O/c1-4-17-7-5-6-11(8-17)15-12(16-13)14-10(2)9-18-3/h10-11H,4-9,13H2,1-3H3,(H2,14,15,16). The summed E-state index contributed by atoms with van der Waals surface area (Å²) in [6.07, 6.45) is 2.33. The highest BCUT2D eigenvalue weighted by Crippen LogP contribution is 2.12. The van der Waals surface area contributed by atoms with Crippen molar-refractivity contribution in [3.8, 4) is 0 Å². The second-order valence-corrected chi connectivity index (χ2v) is 4.81. The van der Waals surface area contributed by atoms with E-state index in [-0.39, 0.29) is 6.04 Å². The van der Waals surface area contributed by atoms with Crippen LogP contribution >= 0.6 is 0 Å². The molecule has 0 aromatic rings. The maximum Gasteiger partial charge on any atom is 0.206 e. The van der Waals surface area contributed by atoms with E-state index in [0.717, 1.165) is 19.5 Å². The lowest BCUT2D eigenvalue weighted by Crippen LogP contribution is -2.48. The topological polar surface area (TPSA) is 74.9 Å². The van der Waals surface area contributed by atoms with E-state index in [1.54, 1.807) is 7.11 Å². The van der Waals surface area contributed by atoms with Crippen molar-refractivity contribution in [3.05, 3.63) is 0 Å². The molecule has 1 rings (SSSR count). The van der Waals surface area contributed by atoms with Crippen LogP contribution in [-0.2, 0) is 4.74 Å². The molecular formula is C12H27N5O. The number of piperidine rings is 1. The molecule has 2 unspecified atom stereocenters. The Morgan fingerprint density at radius 1 is 1.61 bits per heavy atom. The zero-order chi connectivity index (χ0) is 13.4. The molecule has 0 radical (unpaired) electrons. The highest BCUT2D eigenvalue weighted by atomic mass is 16.5. The van der Waals surface area contributed by atoms with Gasteiger partial charge in [0.1, 0.15) is 0 Å². The van der Waals surface area contributed by atoms with Crippen LogP contribution in [0.25, 0.3) is 0 Å². The van der Waals surface area contributed by atoms with Crippen LogP contribution in [0.5, 0.6) is 0 Å². The van der Waals surface area contributed by atoms with E-state index >= 15 is 0 Å². The Hall–Kier alpha value is -0.850. The molecule has 6 heteroatoms. The first kappa shape index (κ1) is 15.2. The first-order valence-electron chi connectivity index (χ1n) is 6.71. The summed E-state index contributed by atoms with van der Waals surface area (Å²) < 4.78 is 5.08. The van der Waals surface area contributed by atoms with Crippen molar-refractivity contribution in [3.63, 3.8) is 0 Å². The Morgan fingerprint density at radius 2 is 2.39 bits per heavy atom. The summed E-state index contributed by atoms with van der Waals surface area (Å²) in [5.41, 5.74) is 2.64. The number of likely N-dealkylation sites (N-methyl/N-ethyl adjacent to an activating group) is 1. The second kappa shape index (κ2) is 8.29. The van der Waals surface area contributed by atoms with Crippen molar-refractivity contribution in [2.45, 2.75) is 38.8 Å². The molecule has 0 saturated carbocycles. The fourth-order valence-corrected chi connectivity index (χ4v) is 2.25. The highest BCUT2D eigenvalue weighted by Gasteiger charge is 2.18. The van der Waals surface area contributed by atoms with Crippen LogP contribution in [0, 0.1) is 0 Å². The molecule has 0 aromatic heterocycles. The van der Waals surface area contributed by atoms with Gasteiger partial charge in [0, 0.05) is 19.7 Å². The molecule has 6 nitrogen and oxygen atoms in total. The molecule has 0 aliphatic carbocycles. The van der Waals surface area contributed by atoms with Gasteiger partial charge in [0.2, 0.25) is 5.96 Å². The van der Waals surface area contributed by atoms with Gasteiger partial charge in [-0.2, -0.15) is 0 Å². The molecule has 1 aliphatic heterocycles. The number of hydrogen-bond acceptors (Lipinski definition) is 4. The maximum atomic E-state index is 5.50. The van der Waals surface area contributed by atoms with Gasteiger partial charge in [-0.1, -0.05) is 6.92 Å². The number of methoxy groups -OCH3 is 1. The number of likely N-dealkylation sites (tertiary alicyclic amines) is 1. The Balaban J connectivity index is 2.49. The molecule has 18 heavy (non-hydrogen) atoms. The minimum absolute atomic E-state index is 0.190. The molecule has 0 aromatic carbocycles. The van der Waals surface area contributed by atoms with Gasteiger partial charge in [-0.15, -0.1) is 0 Å². The van der Waals surface area contributed by atoms with Crippen molar-refractivity contribution in [1.82, 2.24) is 15.6 Å². The summed E-state index contributed by atoms with van der Waals surface area (Å²) in [5, 5.41) is 3.22. The number of hydrazine groups is 1. The van der Waals surface area contributed by atoms with Gasteiger partial charge in [0.05, 0.1) is 12.6 Å². The van der Waals surface area contributed by atoms with E-state index in [2.05, 4.69) is 27.6 Å². The van der Waals surface area contributed by atoms with Gasteiger partial charge in [-0.3, -0.25) is 5.43 Å². The maximum absolute atomic E-state index is 5.50. The number of rotatable bonds is 5. The van der Waals surface area contributed by atoms with Crippen molar-refractivity contribution >= 4 is 5.96 Å². The van der Waals surface area contributed by atoms with Gasteiger partial charge in [0.25, 0.3) is 0 Å². The monoisotopic (exact) mass is 257 g/mol. The Bertz CT molecular complexity index is 259. The van der Waals surface area contributed by atoms with Crippen LogP contribution in [0.2, 0.25) is 0 Å². The molecule has 4 N–H and O–H groups in total. The summed E-state index contributed by atoms with van der Waals surface area (Å²) in [6.45, 7) is 8.14. The van der Waals surface area contributed by atoms with Gasteiger partial charge >= 0.3 is 0 Å². The second-order valence-electron chi connectivity index (χ2n) is 4.81. The van der Waals surface area contributed by atoms with E-state index in [9.17, 15) is 0 Å². The number of hydrogen-bond donors (Lipinski definition) is 3. The first-order valence-corrected chi connectivity index (χ1v) is 6.71. The van der Waals surface area contributed by atoms with Crippen LogP contribution in [-0.4, -0.2) is 56.3 Å². The van der Waals surface area contributed by atoms with Crippen molar-refractivity contribution in [1.29, 1.82) is 0 Å². The Labute approximate surface area is 110 Å². The average molecular weight is 257 g/mol. The van der Waals surface area contributed by atoms with Crippen LogP contribution in [0.1, 0.15) is 26.7 Å². The van der Waals surface area contributed by atoms with Gasteiger partial charge < -0.3 is 15.0 Å². The SMILES string of the molecule is CCN1CCCC(N=C(NN)NC(C)COC)C1. The van der Waals surface area contributed by atoms with E-state index in [1.807, 2.05) is 6.92 Å². The van der Waals surface area contributed by atoms with Crippen molar-refractivity contribution < 1.29 is 4.74 Å². The first-order chi connectivity index (χ1) is 8.69. The summed E-state index contributed by atoms with van der Waals surface area (Å²) >= 11 is 0. The molecule has 1 heterocycles. The van der Waals surface area contributed by atoms with E-state index in [1.165, 1.54) is 13.0 Å². The number of aliphatic imine (C=N–C) groups is 1. The fourth-order valence-electron chi connectivity index (χ4n) is 2.25. The van der Waals surface area contributed by atoms with E-state index < -0.39 is 0 Å². The summed E-state index contributed by atoms with van der Waals surface area (Å²) in [5.74, 6) is 6.16. The smallest absolute Gasteiger partial charge is 0.206 e. The van der Waals surface area contributed by atoms with E-state index in [0.29, 0.717) is 18.6 Å². The number of nitrogens with zero attached hydrogens (tertiary/aromatic N) is 2. The third-order valence-electron chi connectivity index (χ3n) is 3.18. The predicted octanol–water partition coefficient (Wildman–Crippen LogP) is -0.0855. The Morgan fingerprint density at radius 3 is 3.00 bits per heavy atom.